The number of rotatable bonds is 4. The number of carboxylic acids is 1. The monoisotopic (exact) mass is 200 g/mol. The first-order valence-corrected chi connectivity index (χ1v) is 4.88. The highest BCUT2D eigenvalue weighted by Gasteiger charge is 2.33. The molecule has 1 rings (SSSR count). The number of ether oxygens (including phenoxy) is 1. The second-order valence-electron chi connectivity index (χ2n) is 3.91. The van der Waals surface area contributed by atoms with Crippen LogP contribution in [0, 0.1) is 5.92 Å². The number of carboxylic acid groups (broad SMARTS) is 1. The largest absolute Gasteiger partial charge is 0.481 e. The summed E-state index contributed by atoms with van der Waals surface area (Å²) in [6.45, 7) is 3.17. The molecule has 3 atom stereocenters. The number of hydrogen-bond acceptors (Lipinski definition) is 3. The lowest BCUT2D eigenvalue weighted by Crippen LogP contribution is -2.26. The van der Waals surface area contributed by atoms with E-state index in [0.29, 0.717) is 6.42 Å². The van der Waals surface area contributed by atoms with Gasteiger partial charge in [-0.2, -0.15) is 0 Å². The van der Waals surface area contributed by atoms with Crippen molar-refractivity contribution >= 4 is 11.8 Å². The minimum absolute atomic E-state index is 0.0701. The molecule has 1 N–H and O–H groups in total. The molecule has 0 unspecified atom stereocenters. The fourth-order valence-corrected chi connectivity index (χ4v) is 1.73. The number of carbonyl (C=O) groups is 2. The Balaban J connectivity index is 2.41. The summed E-state index contributed by atoms with van der Waals surface area (Å²) in [7, 11) is 0. The molecule has 0 spiro atoms. The molecule has 4 heteroatoms. The molecule has 0 aromatic rings. The van der Waals surface area contributed by atoms with Crippen molar-refractivity contribution in [3.05, 3.63) is 0 Å². The molecule has 0 amide bonds. The molecule has 0 aliphatic carbocycles. The number of Topliss-reactive ketones (excluding diaryl/α,β-unsaturated/α-hetero) is 1. The lowest BCUT2D eigenvalue weighted by atomic mass is 10.0. The zero-order chi connectivity index (χ0) is 10.7. The fourth-order valence-electron chi connectivity index (χ4n) is 1.73. The van der Waals surface area contributed by atoms with Gasteiger partial charge in [-0.15, -0.1) is 0 Å². The molecule has 1 aliphatic heterocycles. The van der Waals surface area contributed by atoms with Crippen LogP contribution in [0.25, 0.3) is 0 Å². The third-order valence-electron chi connectivity index (χ3n) is 2.60. The van der Waals surface area contributed by atoms with Gasteiger partial charge in [0.2, 0.25) is 0 Å². The summed E-state index contributed by atoms with van der Waals surface area (Å²) >= 11 is 0. The van der Waals surface area contributed by atoms with Crippen molar-refractivity contribution < 1.29 is 19.4 Å². The third-order valence-corrected chi connectivity index (χ3v) is 2.60. The Morgan fingerprint density at radius 3 is 2.64 bits per heavy atom. The molecule has 0 aromatic carbocycles. The Bertz CT molecular complexity index is 236. The van der Waals surface area contributed by atoms with Crippen molar-refractivity contribution in [2.75, 3.05) is 0 Å². The maximum Gasteiger partial charge on any atom is 0.308 e. The van der Waals surface area contributed by atoms with Crippen molar-refractivity contribution in [2.24, 2.45) is 5.92 Å². The first-order chi connectivity index (χ1) is 6.50. The van der Waals surface area contributed by atoms with Crippen LogP contribution in [0.5, 0.6) is 0 Å². The molecule has 4 nitrogen and oxygen atoms in total. The smallest absolute Gasteiger partial charge is 0.308 e. The van der Waals surface area contributed by atoms with Gasteiger partial charge in [0.15, 0.2) is 0 Å². The number of carbonyl (C=O) groups excluding carboxylic acids is 1. The summed E-state index contributed by atoms with van der Waals surface area (Å²) < 4.78 is 5.49. The second kappa shape index (κ2) is 4.55. The molecule has 0 aromatic heterocycles. The van der Waals surface area contributed by atoms with E-state index >= 15 is 0 Å². The van der Waals surface area contributed by atoms with E-state index in [2.05, 4.69) is 0 Å². The van der Waals surface area contributed by atoms with Crippen LogP contribution < -0.4 is 0 Å². The summed E-state index contributed by atoms with van der Waals surface area (Å²) in [5.74, 6) is -1.22. The van der Waals surface area contributed by atoms with Crippen LogP contribution in [0.2, 0.25) is 0 Å². The normalized spacial score (nSPS) is 28.7. The summed E-state index contributed by atoms with van der Waals surface area (Å²) in [5.41, 5.74) is 0. The second-order valence-corrected chi connectivity index (χ2v) is 3.91. The zero-order valence-electron chi connectivity index (χ0n) is 8.53. The molecular formula is C10H16O4. The van der Waals surface area contributed by atoms with Gasteiger partial charge < -0.3 is 9.84 Å². The van der Waals surface area contributed by atoms with Gasteiger partial charge >= 0.3 is 5.97 Å². The zero-order valence-corrected chi connectivity index (χ0v) is 8.53. The van der Waals surface area contributed by atoms with Gasteiger partial charge in [0, 0.05) is 6.42 Å². The molecule has 1 heterocycles. The SMILES string of the molecule is CC(=O)C[C@@H]1CC[C@H]([C@@H](C)C(=O)O)O1. The maximum absolute atomic E-state index is 10.8. The van der Waals surface area contributed by atoms with E-state index in [1.807, 2.05) is 0 Å². The van der Waals surface area contributed by atoms with Crippen LogP contribution in [0.1, 0.15) is 33.1 Å². The molecule has 1 fully saturated rings. The van der Waals surface area contributed by atoms with E-state index in [9.17, 15) is 9.59 Å². The first kappa shape index (κ1) is 11.2. The Labute approximate surface area is 83.2 Å². The maximum atomic E-state index is 10.8. The van der Waals surface area contributed by atoms with E-state index in [1.54, 1.807) is 6.92 Å². The van der Waals surface area contributed by atoms with E-state index in [0.717, 1.165) is 12.8 Å². The van der Waals surface area contributed by atoms with Gasteiger partial charge in [0.05, 0.1) is 18.1 Å². The van der Waals surface area contributed by atoms with Crippen molar-refractivity contribution in [1.82, 2.24) is 0 Å². The molecule has 0 radical (unpaired) electrons. The van der Waals surface area contributed by atoms with E-state index in [4.69, 9.17) is 9.84 Å². The third kappa shape index (κ3) is 2.80. The predicted octanol–water partition coefficient (Wildman–Crippen LogP) is 1.23. The standard InChI is InChI=1S/C10H16O4/c1-6(11)5-8-3-4-9(14-8)7(2)10(12)13/h7-9H,3-5H2,1-2H3,(H,12,13)/t7-,8+,9-/m1/s1. The van der Waals surface area contributed by atoms with Gasteiger partial charge in [-0.1, -0.05) is 0 Å². The Morgan fingerprint density at radius 2 is 2.14 bits per heavy atom. The van der Waals surface area contributed by atoms with Crippen LogP contribution in [-0.4, -0.2) is 29.1 Å². The molecule has 0 bridgehead atoms. The average Bonchev–Trinajstić information content (AvgIpc) is 2.50. The van der Waals surface area contributed by atoms with Gasteiger partial charge in [-0.25, -0.2) is 0 Å². The van der Waals surface area contributed by atoms with Crippen LogP contribution in [0.15, 0.2) is 0 Å². The quantitative estimate of drug-likeness (QED) is 0.741. The van der Waals surface area contributed by atoms with Crippen LogP contribution in [0.3, 0.4) is 0 Å². The van der Waals surface area contributed by atoms with Crippen molar-refractivity contribution in [1.29, 1.82) is 0 Å². The number of aliphatic carboxylic acids is 1. The van der Waals surface area contributed by atoms with Gasteiger partial charge in [0.25, 0.3) is 0 Å². The predicted molar refractivity (Wildman–Crippen MR) is 50.0 cm³/mol. The fraction of sp³-hybridized carbons (Fsp3) is 0.800. The summed E-state index contributed by atoms with van der Waals surface area (Å²) in [4.78, 5) is 21.5. The Hall–Kier alpha value is -0.900. The summed E-state index contributed by atoms with van der Waals surface area (Å²) in [5, 5.41) is 8.76. The Morgan fingerprint density at radius 1 is 1.50 bits per heavy atom. The number of hydrogen-bond donors (Lipinski definition) is 1. The lowest BCUT2D eigenvalue weighted by molar-refractivity contribution is -0.146. The molecule has 1 aliphatic rings. The van der Waals surface area contributed by atoms with Crippen molar-refractivity contribution in [3.8, 4) is 0 Å². The van der Waals surface area contributed by atoms with Crippen molar-refractivity contribution in [3.63, 3.8) is 0 Å². The topological polar surface area (TPSA) is 63.6 Å². The summed E-state index contributed by atoms with van der Waals surface area (Å²) in [6, 6.07) is 0. The van der Waals surface area contributed by atoms with Crippen LogP contribution in [-0.2, 0) is 14.3 Å². The highest BCUT2D eigenvalue weighted by atomic mass is 16.5. The average molecular weight is 200 g/mol. The molecule has 0 saturated carbocycles. The van der Waals surface area contributed by atoms with Gasteiger partial charge in [-0.3, -0.25) is 9.59 Å². The van der Waals surface area contributed by atoms with Crippen LogP contribution >= 0.6 is 0 Å². The van der Waals surface area contributed by atoms with E-state index < -0.39 is 11.9 Å². The van der Waals surface area contributed by atoms with E-state index in [-0.39, 0.29) is 18.0 Å². The van der Waals surface area contributed by atoms with Crippen molar-refractivity contribution in [2.45, 2.75) is 45.3 Å². The molecule has 80 valence electrons. The summed E-state index contributed by atoms with van der Waals surface area (Å²) in [6.07, 6.45) is 1.65. The minimum Gasteiger partial charge on any atom is -0.481 e. The minimum atomic E-state index is -0.835. The van der Waals surface area contributed by atoms with E-state index in [1.165, 1.54) is 6.92 Å². The number of ketones is 1. The Kier molecular flexibility index (Phi) is 3.63. The van der Waals surface area contributed by atoms with Crippen LogP contribution in [0.4, 0.5) is 0 Å². The highest BCUT2D eigenvalue weighted by molar-refractivity contribution is 5.76. The molecule has 14 heavy (non-hydrogen) atoms. The lowest BCUT2D eigenvalue weighted by Gasteiger charge is -2.16. The van der Waals surface area contributed by atoms with Gasteiger partial charge in [-0.05, 0) is 26.7 Å². The molecule has 1 saturated heterocycles. The van der Waals surface area contributed by atoms with Gasteiger partial charge in [0.1, 0.15) is 5.78 Å². The molecular weight excluding hydrogens is 184 g/mol. The highest BCUT2D eigenvalue weighted by Crippen LogP contribution is 2.27. The first-order valence-electron chi connectivity index (χ1n) is 4.88.